The zero-order valence-electron chi connectivity index (χ0n) is 17.1. The van der Waals surface area contributed by atoms with Gasteiger partial charge in [-0.2, -0.15) is 5.10 Å². The Hall–Kier alpha value is -1.97. The van der Waals surface area contributed by atoms with E-state index in [1.54, 1.807) is 24.1 Å². The number of benzene rings is 1. The molecule has 2 aromatic heterocycles. The van der Waals surface area contributed by atoms with Crippen LogP contribution in [0, 0.1) is 0 Å². The zero-order valence-corrected chi connectivity index (χ0v) is 18.6. The molecule has 0 amide bonds. The van der Waals surface area contributed by atoms with Gasteiger partial charge in [0.2, 0.25) is 5.95 Å². The zero-order chi connectivity index (χ0) is 21.5. The molecule has 2 aliphatic rings. The molecule has 0 aliphatic carbocycles. The predicted molar refractivity (Wildman–Crippen MR) is 120 cm³/mol. The third-order valence-corrected chi connectivity index (χ3v) is 7.05. The molecule has 2 atom stereocenters. The van der Waals surface area contributed by atoms with Gasteiger partial charge in [-0.25, -0.2) is 9.97 Å². The average molecular weight is 463 g/mol. The van der Waals surface area contributed by atoms with Crippen molar-refractivity contribution < 1.29 is 9.84 Å². The first kappa shape index (κ1) is 20.9. The van der Waals surface area contributed by atoms with Gasteiger partial charge in [-0.1, -0.05) is 23.2 Å². The number of ether oxygens (including phenoxy) is 1. The molecule has 2 aliphatic heterocycles. The lowest BCUT2D eigenvalue weighted by atomic mass is 9.88. The maximum atomic E-state index is 10.1. The van der Waals surface area contributed by atoms with E-state index in [0.717, 1.165) is 47.4 Å². The molecule has 2 saturated heterocycles. The quantitative estimate of drug-likeness (QED) is 0.614. The van der Waals surface area contributed by atoms with E-state index >= 15 is 0 Å². The summed E-state index contributed by atoms with van der Waals surface area (Å²) >= 11 is 12.9. The van der Waals surface area contributed by atoms with Crippen molar-refractivity contribution in [2.75, 3.05) is 31.6 Å². The van der Waals surface area contributed by atoms with Gasteiger partial charge in [-0.05, 0) is 49.5 Å². The molecule has 1 aromatic carbocycles. The van der Waals surface area contributed by atoms with Crippen LogP contribution in [0.25, 0.3) is 10.9 Å². The Morgan fingerprint density at radius 3 is 2.65 bits per heavy atom. The van der Waals surface area contributed by atoms with Gasteiger partial charge >= 0.3 is 0 Å². The number of likely N-dealkylation sites (tertiary alicyclic amines) is 1. The summed E-state index contributed by atoms with van der Waals surface area (Å²) in [6.07, 6.45) is 4.97. The smallest absolute Gasteiger partial charge is 0.227 e. The number of aromatic nitrogens is 4. The van der Waals surface area contributed by atoms with Crippen LogP contribution >= 0.6 is 23.2 Å². The van der Waals surface area contributed by atoms with Gasteiger partial charge in [0.25, 0.3) is 0 Å². The minimum atomic E-state index is -0.392. The lowest BCUT2D eigenvalue weighted by molar-refractivity contribution is 0.0663. The first-order chi connectivity index (χ1) is 15.0. The number of nitrogens with zero attached hydrogens (tertiary/aromatic N) is 5. The van der Waals surface area contributed by atoms with Crippen molar-refractivity contribution in [3.8, 4) is 0 Å². The summed E-state index contributed by atoms with van der Waals surface area (Å²) in [5.41, 5.74) is 2.60. The van der Waals surface area contributed by atoms with Crippen LogP contribution in [0.3, 0.4) is 0 Å². The van der Waals surface area contributed by atoms with Crippen LogP contribution in [0.15, 0.2) is 24.5 Å². The molecule has 0 radical (unpaired) electrons. The van der Waals surface area contributed by atoms with Gasteiger partial charge in [-0.3, -0.25) is 9.58 Å². The van der Waals surface area contributed by atoms with Crippen LogP contribution in [0.1, 0.15) is 24.3 Å². The van der Waals surface area contributed by atoms with Crippen molar-refractivity contribution in [3.05, 3.63) is 40.3 Å². The fourth-order valence-corrected chi connectivity index (χ4v) is 4.96. The highest BCUT2D eigenvalue weighted by molar-refractivity contribution is 6.32. The summed E-state index contributed by atoms with van der Waals surface area (Å²) in [6, 6.07) is 4.12. The van der Waals surface area contributed by atoms with Gasteiger partial charge < -0.3 is 15.2 Å². The SMILES string of the molecule is Cn1ncc(Nc2ncc3cc(Cl)c(C4CCN(C5COCC5O)CC4)cc3n2)c1Cl. The second-order valence-corrected chi connectivity index (χ2v) is 8.97. The number of aryl methyl sites for hydroxylation is 1. The number of piperidine rings is 1. The van der Waals surface area contributed by atoms with Crippen molar-refractivity contribution in [3.63, 3.8) is 0 Å². The summed E-state index contributed by atoms with van der Waals surface area (Å²) in [5, 5.41) is 19.5. The first-order valence-electron chi connectivity index (χ1n) is 10.4. The topological polar surface area (TPSA) is 88.3 Å². The maximum absolute atomic E-state index is 10.1. The van der Waals surface area contributed by atoms with E-state index in [0.29, 0.717) is 35.9 Å². The number of anilines is 2. The molecule has 2 unspecified atom stereocenters. The predicted octanol–water partition coefficient (Wildman–Crippen LogP) is 3.35. The highest BCUT2D eigenvalue weighted by Gasteiger charge is 2.34. The molecule has 2 N–H and O–H groups in total. The normalized spacial score (nSPS) is 23.0. The van der Waals surface area contributed by atoms with E-state index in [1.807, 2.05) is 6.07 Å². The van der Waals surface area contributed by atoms with Gasteiger partial charge in [0.05, 0.1) is 42.8 Å². The lowest BCUT2D eigenvalue weighted by Crippen LogP contribution is -2.46. The summed E-state index contributed by atoms with van der Waals surface area (Å²) in [6.45, 7) is 2.87. The summed E-state index contributed by atoms with van der Waals surface area (Å²) in [4.78, 5) is 11.4. The van der Waals surface area contributed by atoms with Gasteiger partial charge in [0.1, 0.15) is 5.15 Å². The van der Waals surface area contributed by atoms with E-state index in [1.165, 1.54) is 0 Å². The molecule has 0 spiro atoms. The summed E-state index contributed by atoms with van der Waals surface area (Å²) < 4.78 is 6.99. The van der Waals surface area contributed by atoms with Crippen molar-refractivity contribution in [2.24, 2.45) is 7.05 Å². The molecular formula is C21H24Cl2N6O2. The molecule has 164 valence electrons. The third-order valence-electron chi connectivity index (χ3n) is 6.27. The summed E-state index contributed by atoms with van der Waals surface area (Å²) in [5.74, 6) is 0.812. The third kappa shape index (κ3) is 4.10. The molecule has 3 aromatic rings. The second kappa shape index (κ2) is 8.52. The first-order valence-corrected chi connectivity index (χ1v) is 11.2. The van der Waals surface area contributed by atoms with Crippen LogP contribution < -0.4 is 5.32 Å². The van der Waals surface area contributed by atoms with Crippen LogP contribution in [0.2, 0.25) is 10.2 Å². The van der Waals surface area contributed by atoms with Crippen molar-refractivity contribution in [1.82, 2.24) is 24.6 Å². The number of hydrogen-bond donors (Lipinski definition) is 2. The minimum absolute atomic E-state index is 0.105. The molecule has 5 rings (SSSR count). The standard InChI is InChI=1S/C21H24Cl2N6O2/c1-28-20(23)17(9-25-28)27-21-24-8-13-6-15(22)14(7-16(13)26-21)12-2-4-29(5-3-12)18-10-31-11-19(18)30/h6-9,12,18-19,30H,2-5,10-11H2,1H3,(H,24,26,27). The van der Waals surface area contributed by atoms with Gasteiger partial charge in [0.15, 0.2) is 0 Å². The van der Waals surface area contributed by atoms with E-state index < -0.39 is 6.10 Å². The Morgan fingerprint density at radius 1 is 1.16 bits per heavy atom. The number of aliphatic hydroxyl groups excluding tert-OH is 1. The van der Waals surface area contributed by atoms with Crippen molar-refractivity contribution >= 4 is 45.7 Å². The molecule has 4 heterocycles. The molecule has 0 bridgehead atoms. The number of nitrogens with one attached hydrogen (secondary N) is 1. The van der Waals surface area contributed by atoms with Gasteiger partial charge in [-0.15, -0.1) is 0 Å². The molecule has 0 saturated carbocycles. The van der Waals surface area contributed by atoms with E-state index in [2.05, 4.69) is 31.3 Å². The molecular weight excluding hydrogens is 439 g/mol. The Labute approximate surface area is 190 Å². The van der Waals surface area contributed by atoms with E-state index in [9.17, 15) is 5.11 Å². The number of rotatable bonds is 4. The maximum Gasteiger partial charge on any atom is 0.227 e. The Morgan fingerprint density at radius 2 is 1.97 bits per heavy atom. The minimum Gasteiger partial charge on any atom is -0.389 e. The molecule has 31 heavy (non-hydrogen) atoms. The number of fused-ring (bicyclic) bond motifs is 1. The Balaban J connectivity index is 1.35. The number of hydrogen-bond acceptors (Lipinski definition) is 7. The van der Waals surface area contributed by atoms with E-state index in [-0.39, 0.29) is 6.04 Å². The van der Waals surface area contributed by atoms with Crippen molar-refractivity contribution in [2.45, 2.75) is 30.9 Å². The van der Waals surface area contributed by atoms with Gasteiger partial charge in [0, 0.05) is 23.7 Å². The molecule has 2 fully saturated rings. The van der Waals surface area contributed by atoms with Crippen LogP contribution in [-0.2, 0) is 11.8 Å². The summed E-state index contributed by atoms with van der Waals surface area (Å²) in [7, 11) is 1.77. The molecule has 8 nitrogen and oxygen atoms in total. The second-order valence-electron chi connectivity index (χ2n) is 8.21. The van der Waals surface area contributed by atoms with Crippen LogP contribution in [-0.4, -0.2) is 68.2 Å². The highest BCUT2D eigenvalue weighted by atomic mass is 35.5. The number of aliphatic hydroxyl groups is 1. The van der Waals surface area contributed by atoms with Crippen LogP contribution in [0.4, 0.5) is 11.6 Å². The van der Waals surface area contributed by atoms with E-state index in [4.69, 9.17) is 27.9 Å². The highest BCUT2D eigenvalue weighted by Crippen LogP contribution is 2.36. The fraction of sp³-hybridized carbons (Fsp3) is 0.476. The largest absolute Gasteiger partial charge is 0.389 e. The van der Waals surface area contributed by atoms with Crippen molar-refractivity contribution in [1.29, 1.82) is 0 Å². The molecule has 10 heteroatoms. The number of halogens is 2. The Kier molecular flexibility index (Phi) is 5.75. The van der Waals surface area contributed by atoms with Crippen LogP contribution in [0.5, 0.6) is 0 Å². The fourth-order valence-electron chi connectivity index (χ4n) is 4.49. The average Bonchev–Trinajstić information content (AvgIpc) is 3.34. The monoisotopic (exact) mass is 462 g/mol. The lowest BCUT2D eigenvalue weighted by Gasteiger charge is -2.36. The Bertz CT molecular complexity index is 1100.